The summed E-state index contributed by atoms with van der Waals surface area (Å²) < 4.78 is 5.82. The fraction of sp³-hybridized carbons (Fsp3) is 0.208. The summed E-state index contributed by atoms with van der Waals surface area (Å²) in [6.45, 7) is 1.08. The maximum atomic E-state index is 12.8. The molecule has 0 saturated heterocycles. The van der Waals surface area contributed by atoms with Crippen molar-refractivity contribution in [2.24, 2.45) is 0 Å². The zero-order valence-electron chi connectivity index (χ0n) is 15.1. The molecule has 3 aromatic carbocycles. The van der Waals surface area contributed by atoms with Crippen LogP contribution < -0.4 is 4.90 Å². The lowest BCUT2D eigenvalue weighted by Gasteiger charge is -2.29. The summed E-state index contributed by atoms with van der Waals surface area (Å²) in [6.07, 6.45) is 1.74. The third-order valence-electron chi connectivity index (χ3n) is 5.67. The van der Waals surface area contributed by atoms with Gasteiger partial charge in [0.15, 0.2) is 0 Å². The highest BCUT2D eigenvalue weighted by Gasteiger charge is 2.30. The van der Waals surface area contributed by atoms with E-state index in [1.54, 1.807) is 4.90 Å². The van der Waals surface area contributed by atoms with Gasteiger partial charge in [-0.05, 0) is 46.7 Å². The lowest BCUT2D eigenvalue weighted by molar-refractivity contribution is 0.150. The van der Waals surface area contributed by atoms with E-state index in [0.29, 0.717) is 13.2 Å². The molecular weight excluding hydrogens is 334 g/mol. The Morgan fingerprint density at radius 2 is 1.52 bits per heavy atom. The monoisotopic (exact) mass is 355 g/mol. The average molecular weight is 355 g/mol. The number of hydrogen-bond donors (Lipinski definition) is 0. The Bertz CT molecular complexity index is 965. The quantitative estimate of drug-likeness (QED) is 0.617. The van der Waals surface area contributed by atoms with Gasteiger partial charge in [0.05, 0.1) is 5.69 Å². The number of amides is 1. The van der Waals surface area contributed by atoms with Gasteiger partial charge in [-0.15, -0.1) is 0 Å². The SMILES string of the molecule is O=C(OCC1c2ccccc2-c2ccccc21)N1CCCc2ccccc21. The average Bonchev–Trinajstić information content (AvgIpc) is 3.05. The van der Waals surface area contributed by atoms with Gasteiger partial charge < -0.3 is 4.74 Å². The Hall–Kier alpha value is -3.07. The van der Waals surface area contributed by atoms with Crippen molar-refractivity contribution in [3.8, 4) is 11.1 Å². The van der Waals surface area contributed by atoms with Crippen LogP contribution >= 0.6 is 0 Å². The molecule has 27 heavy (non-hydrogen) atoms. The highest BCUT2D eigenvalue weighted by atomic mass is 16.6. The molecule has 1 amide bonds. The first-order valence-corrected chi connectivity index (χ1v) is 9.53. The summed E-state index contributed by atoms with van der Waals surface area (Å²) in [5.74, 6) is 0.0985. The fourth-order valence-corrected chi connectivity index (χ4v) is 4.40. The van der Waals surface area contributed by atoms with Gasteiger partial charge in [-0.3, -0.25) is 4.90 Å². The molecule has 3 nitrogen and oxygen atoms in total. The molecule has 1 aliphatic heterocycles. The summed E-state index contributed by atoms with van der Waals surface area (Å²) in [5.41, 5.74) is 7.18. The number of para-hydroxylation sites is 1. The molecule has 0 saturated carbocycles. The largest absolute Gasteiger partial charge is 0.448 e. The minimum atomic E-state index is -0.246. The second-order valence-electron chi connectivity index (χ2n) is 7.19. The molecule has 2 aliphatic rings. The van der Waals surface area contributed by atoms with E-state index in [1.807, 2.05) is 18.2 Å². The van der Waals surface area contributed by atoms with E-state index in [1.165, 1.54) is 27.8 Å². The number of anilines is 1. The number of rotatable bonds is 2. The molecule has 0 atom stereocenters. The van der Waals surface area contributed by atoms with Crippen LogP contribution in [0.25, 0.3) is 11.1 Å². The third-order valence-corrected chi connectivity index (χ3v) is 5.67. The second kappa shape index (κ2) is 6.58. The van der Waals surface area contributed by atoms with E-state index in [2.05, 4.69) is 54.6 Å². The molecule has 0 radical (unpaired) electrons. The van der Waals surface area contributed by atoms with Crippen LogP contribution in [0, 0.1) is 0 Å². The molecule has 0 fully saturated rings. The topological polar surface area (TPSA) is 29.5 Å². The van der Waals surface area contributed by atoms with Gasteiger partial charge in [-0.25, -0.2) is 4.79 Å². The Morgan fingerprint density at radius 3 is 2.26 bits per heavy atom. The van der Waals surface area contributed by atoms with Gasteiger partial charge >= 0.3 is 6.09 Å². The predicted octanol–water partition coefficient (Wildman–Crippen LogP) is 5.39. The van der Waals surface area contributed by atoms with Crippen LogP contribution in [0.1, 0.15) is 29.0 Å². The molecule has 134 valence electrons. The van der Waals surface area contributed by atoms with Gasteiger partial charge in [-0.1, -0.05) is 66.7 Å². The number of aryl methyl sites for hydroxylation is 1. The Morgan fingerprint density at radius 1 is 0.889 bits per heavy atom. The number of hydrogen-bond acceptors (Lipinski definition) is 2. The molecule has 0 N–H and O–H groups in total. The summed E-state index contributed by atoms with van der Waals surface area (Å²) in [7, 11) is 0. The molecule has 0 unspecified atom stereocenters. The maximum absolute atomic E-state index is 12.8. The minimum Gasteiger partial charge on any atom is -0.448 e. The van der Waals surface area contributed by atoms with E-state index in [-0.39, 0.29) is 12.0 Å². The van der Waals surface area contributed by atoms with E-state index in [9.17, 15) is 4.79 Å². The van der Waals surface area contributed by atoms with Gasteiger partial charge in [0.2, 0.25) is 0 Å². The Kier molecular flexibility index (Phi) is 3.93. The lowest BCUT2D eigenvalue weighted by Crippen LogP contribution is -2.36. The van der Waals surface area contributed by atoms with Crippen LogP contribution in [0.2, 0.25) is 0 Å². The van der Waals surface area contributed by atoms with E-state index < -0.39 is 0 Å². The van der Waals surface area contributed by atoms with Crippen molar-refractivity contribution in [1.29, 1.82) is 0 Å². The molecule has 3 heteroatoms. The minimum absolute atomic E-state index is 0.0985. The zero-order chi connectivity index (χ0) is 18.2. The molecule has 0 spiro atoms. The van der Waals surface area contributed by atoms with Crippen LogP contribution in [0.5, 0.6) is 0 Å². The van der Waals surface area contributed by atoms with Crippen LogP contribution in [0.15, 0.2) is 72.8 Å². The van der Waals surface area contributed by atoms with Gasteiger partial charge in [-0.2, -0.15) is 0 Å². The first-order valence-electron chi connectivity index (χ1n) is 9.53. The number of ether oxygens (including phenoxy) is 1. The van der Waals surface area contributed by atoms with Crippen LogP contribution in [-0.4, -0.2) is 19.2 Å². The zero-order valence-corrected chi connectivity index (χ0v) is 15.1. The Balaban J connectivity index is 1.39. The van der Waals surface area contributed by atoms with Crippen molar-refractivity contribution in [1.82, 2.24) is 0 Å². The molecule has 0 aromatic heterocycles. The number of benzene rings is 3. The third kappa shape index (κ3) is 2.71. The molecular formula is C24H21NO2. The first kappa shape index (κ1) is 16.1. The van der Waals surface area contributed by atoms with E-state index in [4.69, 9.17) is 4.74 Å². The van der Waals surface area contributed by atoms with Crippen molar-refractivity contribution in [3.05, 3.63) is 89.5 Å². The number of nitrogens with zero attached hydrogens (tertiary/aromatic N) is 1. The number of carbonyl (C=O) groups is 1. The molecule has 0 bridgehead atoms. The second-order valence-corrected chi connectivity index (χ2v) is 7.19. The molecule has 5 rings (SSSR count). The van der Waals surface area contributed by atoms with Crippen molar-refractivity contribution >= 4 is 11.8 Å². The number of fused-ring (bicyclic) bond motifs is 4. The fourth-order valence-electron chi connectivity index (χ4n) is 4.40. The Labute approximate surface area is 159 Å². The van der Waals surface area contributed by atoms with Gasteiger partial charge in [0.1, 0.15) is 6.61 Å². The highest BCUT2D eigenvalue weighted by molar-refractivity contribution is 5.89. The molecule has 3 aromatic rings. The van der Waals surface area contributed by atoms with Crippen molar-refractivity contribution in [3.63, 3.8) is 0 Å². The maximum Gasteiger partial charge on any atom is 0.414 e. The van der Waals surface area contributed by atoms with Gasteiger partial charge in [0, 0.05) is 12.5 Å². The van der Waals surface area contributed by atoms with E-state index in [0.717, 1.165) is 18.5 Å². The van der Waals surface area contributed by atoms with Crippen LogP contribution in [0.3, 0.4) is 0 Å². The summed E-state index contributed by atoms with van der Waals surface area (Å²) in [4.78, 5) is 14.6. The standard InChI is InChI=1S/C24H21NO2/c26-24(25-15-7-9-17-8-1-6-14-23(17)25)27-16-22-20-12-4-2-10-18(20)19-11-3-5-13-21(19)22/h1-6,8,10-14,22H,7,9,15-16H2. The number of carbonyl (C=O) groups excluding carboxylic acids is 1. The van der Waals surface area contributed by atoms with Crippen molar-refractivity contribution in [2.45, 2.75) is 18.8 Å². The molecule has 1 aliphatic carbocycles. The smallest absolute Gasteiger partial charge is 0.414 e. The summed E-state index contributed by atoms with van der Waals surface area (Å²) in [6, 6.07) is 24.9. The predicted molar refractivity (Wildman–Crippen MR) is 107 cm³/mol. The van der Waals surface area contributed by atoms with E-state index >= 15 is 0 Å². The van der Waals surface area contributed by atoms with Crippen molar-refractivity contribution < 1.29 is 9.53 Å². The van der Waals surface area contributed by atoms with Crippen molar-refractivity contribution in [2.75, 3.05) is 18.1 Å². The normalized spacial score (nSPS) is 15.0. The highest BCUT2D eigenvalue weighted by Crippen LogP contribution is 2.44. The molecule has 1 heterocycles. The first-order chi connectivity index (χ1) is 13.3. The van der Waals surface area contributed by atoms with Crippen LogP contribution in [-0.2, 0) is 11.2 Å². The summed E-state index contributed by atoms with van der Waals surface area (Å²) in [5, 5.41) is 0. The van der Waals surface area contributed by atoms with Crippen LogP contribution in [0.4, 0.5) is 10.5 Å². The lowest BCUT2D eigenvalue weighted by atomic mass is 9.98. The van der Waals surface area contributed by atoms with Gasteiger partial charge in [0.25, 0.3) is 0 Å². The summed E-state index contributed by atoms with van der Waals surface area (Å²) >= 11 is 0.